The first-order chi connectivity index (χ1) is 8.73. The standard InChI is InChI=1S/C8H5BF12/c1-4(9,2(5(10,11)12)6(13,14)15)3(7(16,17)18)8(19,20)21/h2-3H,1H3. The minimum absolute atomic E-state index is 0.579. The number of alkyl halides is 12. The average Bonchev–Trinajstić information content (AvgIpc) is 1.84. The first-order valence-corrected chi connectivity index (χ1v) is 4.79. The molecule has 0 bridgehead atoms. The van der Waals surface area contributed by atoms with Crippen LogP contribution in [0.2, 0.25) is 5.31 Å². The molecule has 0 amide bonds. The monoisotopic (exact) mass is 340 g/mol. The Labute approximate surface area is 110 Å². The lowest BCUT2D eigenvalue weighted by Gasteiger charge is -2.43. The van der Waals surface area contributed by atoms with Crippen LogP contribution in [0.15, 0.2) is 0 Å². The van der Waals surface area contributed by atoms with Crippen molar-refractivity contribution in [2.24, 2.45) is 11.8 Å². The fourth-order valence-electron chi connectivity index (χ4n) is 1.95. The van der Waals surface area contributed by atoms with Crippen LogP contribution in [0.25, 0.3) is 0 Å². The molecule has 0 aromatic rings. The van der Waals surface area contributed by atoms with Crippen molar-refractivity contribution in [3.63, 3.8) is 0 Å². The van der Waals surface area contributed by atoms with Gasteiger partial charge in [-0.2, -0.15) is 52.7 Å². The van der Waals surface area contributed by atoms with Crippen molar-refractivity contribution in [2.75, 3.05) is 0 Å². The highest BCUT2D eigenvalue weighted by Gasteiger charge is 2.73. The third-order valence-corrected chi connectivity index (χ3v) is 2.55. The summed E-state index contributed by atoms with van der Waals surface area (Å²) in [6.07, 6.45) is -25.8. The fraction of sp³-hybridized carbons (Fsp3) is 1.00. The maximum atomic E-state index is 12.3. The summed E-state index contributed by atoms with van der Waals surface area (Å²) < 4.78 is 148. The van der Waals surface area contributed by atoms with Gasteiger partial charge in [0.2, 0.25) is 0 Å². The van der Waals surface area contributed by atoms with E-state index in [2.05, 4.69) is 7.85 Å². The molecule has 0 spiro atoms. The van der Waals surface area contributed by atoms with E-state index in [-0.39, 0.29) is 0 Å². The second-order valence-electron chi connectivity index (χ2n) is 4.40. The molecule has 0 fully saturated rings. The molecule has 0 saturated heterocycles. The molecule has 0 atom stereocenters. The lowest BCUT2D eigenvalue weighted by Crippen LogP contribution is -2.54. The van der Waals surface area contributed by atoms with Crippen LogP contribution in [0.3, 0.4) is 0 Å². The van der Waals surface area contributed by atoms with Crippen LogP contribution in [-0.4, -0.2) is 32.6 Å². The Morgan fingerprint density at radius 1 is 0.524 bits per heavy atom. The van der Waals surface area contributed by atoms with Gasteiger partial charge in [-0.05, 0) is 5.31 Å². The summed E-state index contributed by atoms with van der Waals surface area (Å²) in [5.41, 5.74) is 0. The number of hydrogen-bond donors (Lipinski definition) is 0. The van der Waals surface area contributed by atoms with Crippen molar-refractivity contribution in [3.8, 4) is 0 Å². The minimum Gasteiger partial charge on any atom is -0.170 e. The fourth-order valence-corrected chi connectivity index (χ4v) is 1.95. The molecule has 124 valence electrons. The molecule has 0 aromatic heterocycles. The van der Waals surface area contributed by atoms with Crippen molar-refractivity contribution in [1.82, 2.24) is 0 Å². The van der Waals surface area contributed by atoms with Crippen molar-refractivity contribution < 1.29 is 52.7 Å². The molecule has 0 rings (SSSR count). The molecule has 0 nitrogen and oxygen atoms in total. The molecule has 0 aliphatic rings. The summed E-state index contributed by atoms with van der Waals surface area (Å²) in [5.74, 6) is -10.0. The van der Waals surface area contributed by atoms with Crippen LogP contribution in [-0.2, 0) is 0 Å². The van der Waals surface area contributed by atoms with Gasteiger partial charge >= 0.3 is 24.7 Å². The second kappa shape index (κ2) is 5.15. The zero-order valence-corrected chi connectivity index (χ0v) is 9.77. The van der Waals surface area contributed by atoms with Crippen LogP contribution in [0, 0.1) is 11.8 Å². The lowest BCUT2D eigenvalue weighted by molar-refractivity contribution is -0.340. The SMILES string of the molecule is [B]C(C)(C(C(F)(F)F)C(F)(F)F)C(C(F)(F)F)C(F)(F)F. The molecule has 0 aliphatic carbocycles. The van der Waals surface area contributed by atoms with E-state index in [1.54, 1.807) is 0 Å². The van der Waals surface area contributed by atoms with Gasteiger partial charge in [0, 0.05) is 0 Å². The van der Waals surface area contributed by atoms with E-state index >= 15 is 0 Å². The van der Waals surface area contributed by atoms with Gasteiger partial charge in [-0.3, -0.25) is 0 Å². The predicted octanol–water partition coefficient (Wildman–Crippen LogP) is 4.82. The highest BCUT2D eigenvalue weighted by molar-refractivity contribution is 6.15. The Bertz CT molecular complexity index is 293. The van der Waals surface area contributed by atoms with Gasteiger partial charge in [0.05, 0.1) is 7.85 Å². The number of hydrogen-bond acceptors (Lipinski definition) is 0. The summed E-state index contributed by atoms with van der Waals surface area (Å²) in [7, 11) is 4.27. The molecule has 0 heterocycles. The van der Waals surface area contributed by atoms with Gasteiger partial charge < -0.3 is 0 Å². The Morgan fingerprint density at radius 2 is 0.667 bits per heavy atom. The van der Waals surface area contributed by atoms with E-state index in [0.29, 0.717) is 0 Å². The van der Waals surface area contributed by atoms with Gasteiger partial charge in [0.25, 0.3) is 0 Å². The number of rotatable bonds is 2. The summed E-state index contributed by atoms with van der Waals surface area (Å²) >= 11 is 0. The van der Waals surface area contributed by atoms with Crippen molar-refractivity contribution in [2.45, 2.75) is 36.9 Å². The van der Waals surface area contributed by atoms with Gasteiger partial charge in [-0.15, -0.1) is 0 Å². The summed E-state index contributed by atoms with van der Waals surface area (Å²) in [4.78, 5) is 0. The van der Waals surface area contributed by atoms with E-state index in [0.717, 1.165) is 0 Å². The van der Waals surface area contributed by atoms with Crippen molar-refractivity contribution in [3.05, 3.63) is 0 Å². The van der Waals surface area contributed by atoms with Crippen LogP contribution >= 0.6 is 0 Å². The summed E-state index contributed by atoms with van der Waals surface area (Å²) in [6.45, 7) is -0.579. The molecular weight excluding hydrogens is 335 g/mol. The average molecular weight is 340 g/mol. The highest BCUT2D eigenvalue weighted by atomic mass is 19.4. The highest BCUT2D eigenvalue weighted by Crippen LogP contribution is 2.62. The van der Waals surface area contributed by atoms with E-state index in [1.165, 1.54) is 0 Å². The van der Waals surface area contributed by atoms with E-state index in [9.17, 15) is 52.7 Å². The third kappa shape index (κ3) is 4.60. The third-order valence-electron chi connectivity index (χ3n) is 2.55. The van der Waals surface area contributed by atoms with Crippen LogP contribution in [0.5, 0.6) is 0 Å². The Morgan fingerprint density at radius 3 is 0.762 bits per heavy atom. The van der Waals surface area contributed by atoms with Crippen LogP contribution in [0.4, 0.5) is 52.7 Å². The first kappa shape index (κ1) is 20.2. The first-order valence-electron chi connectivity index (χ1n) is 4.79. The smallest absolute Gasteiger partial charge is 0.170 e. The molecule has 0 aromatic carbocycles. The van der Waals surface area contributed by atoms with Gasteiger partial charge in [0.1, 0.15) is 11.8 Å². The van der Waals surface area contributed by atoms with E-state index in [4.69, 9.17) is 0 Å². The molecule has 0 saturated carbocycles. The normalized spacial score (nSPS) is 16.0. The maximum Gasteiger partial charge on any atom is 0.400 e. The predicted molar refractivity (Wildman–Crippen MR) is 45.3 cm³/mol. The van der Waals surface area contributed by atoms with E-state index in [1.807, 2.05) is 0 Å². The molecule has 13 heteroatoms. The molecule has 2 radical (unpaired) electrons. The second-order valence-corrected chi connectivity index (χ2v) is 4.40. The van der Waals surface area contributed by atoms with Gasteiger partial charge in [0.15, 0.2) is 0 Å². The van der Waals surface area contributed by atoms with Crippen LogP contribution in [0.1, 0.15) is 6.92 Å². The summed E-state index contributed by atoms with van der Waals surface area (Å²) in [6, 6.07) is 0. The molecular formula is C8H5BF12. The zero-order chi connectivity index (χ0) is 17.7. The topological polar surface area (TPSA) is 0 Å². The van der Waals surface area contributed by atoms with Gasteiger partial charge in [-0.25, -0.2) is 0 Å². The number of halogens is 12. The minimum atomic E-state index is -6.45. The van der Waals surface area contributed by atoms with Crippen molar-refractivity contribution in [1.29, 1.82) is 0 Å². The van der Waals surface area contributed by atoms with Gasteiger partial charge in [-0.1, -0.05) is 6.92 Å². The molecule has 0 N–H and O–H groups in total. The largest absolute Gasteiger partial charge is 0.400 e. The maximum absolute atomic E-state index is 12.3. The lowest BCUT2D eigenvalue weighted by atomic mass is 9.54. The Hall–Kier alpha value is -0.775. The van der Waals surface area contributed by atoms with E-state index < -0.39 is 48.8 Å². The zero-order valence-electron chi connectivity index (χ0n) is 9.77. The Balaban J connectivity index is 6.21. The molecule has 0 aliphatic heterocycles. The van der Waals surface area contributed by atoms with Crippen LogP contribution < -0.4 is 0 Å². The quantitative estimate of drug-likeness (QED) is 0.500. The molecule has 21 heavy (non-hydrogen) atoms. The Kier molecular flexibility index (Phi) is 4.96. The molecule has 0 unspecified atom stereocenters. The van der Waals surface area contributed by atoms with Crippen molar-refractivity contribution >= 4 is 7.85 Å². The summed E-state index contributed by atoms with van der Waals surface area (Å²) in [5, 5.41) is -4.73.